The van der Waals surface area contributed by atoms with E-state index in [2.05, 4.69) is 0 Å². The zero-order valence-corrected chi connectivity index (χ0v) is 12.8. The monoisotopic (exact) mass is 354 g/mol. The van der Waals surface area contributed by atoms with Crippen molar-refractivity contribution >= 4 is 5.91 Å². The molecule has 2 rings (SSSR count). The SMILES string of the molecule is CC1(CN)CCN(C(=O)c2cc(C(F)(F)F)cc(C(F)(F)F)c2)C1. The van der Waals surface area contributed by atoms with Gasteiger partial charge in [0.05, 0.1) is 11.1 Å². The van der Waals surface area contributed by atoms with Gasteiger partial charge in [0.15, 0.2) is 0 Å². The number of amides is 1. The largest absolute Gasteiger partial charge is 0.416 e. The smallest absolute Gasteiger partial charge is 0.338 e. The Labute approximate surface area is 134 Å². The Balaban J connectivity index is 2.41. The van der Waals surface area contributed by atoms with Crippen LogP contribution in [-0.2, 0) is 12.4 Å². The first-order valence-electron chi connectivity index (χ1n) is 7.15. The van der Waals surface area contributed by atoms with E-state index in [0.717, 1.165) is 0 Å². The zero-order valence-electron chi connectivity index (χ0n) is 12.8. The van der Waals surface area contributed by atoms with E-state index in [1.807, 2.05) is 6.92 Å². The molecule has 0 spiro atoms. The summed E-state index contributed by atoms with van der Waals surface area (Å²) in [7, 11) is 0. The fourth-order valence-electron chi connectivity index (χ4n) is 2.62. The number of likely N-dealkylation sites (tertiary alicyclic amines) is 1. The van der Waals surface area contributed by atoms with E-state index in [-0.39, 0.29) is 31.1 Å². The van der Waals surface area contributed by atoms with E-state index in [1.165, 1.54) is 4.90 Å². The minimum absolute atomic E-state index is 0.00472. The van der Waals surface area contributed by atoms with Crippen molar-refractivity contribution in [1.29, 1.82) is 0 Å². The summed E-state index contributed by atoms with van der Waals surface area (Å²) in [4.78, 5) is 13.6. The molecule has 2 N–H and O–H groups in total. The van der Waals surface area contributed by atoms with Gasteiger partial charge >= 0.3 is 12.4 Å². The van der Waals surface area contributed by atoms with E-state index in [9.17, 15) is 31.1 Å². The summed E-state index contributed by atoms with van der Waals surface area (Å²) in [6.07, 6.45) is -9.42. The summed E-state index contributed by atoms with van der Waals surface area (Å²) in [5, 5.41) is 0. The third-order valence-corrected chi connectivity index (χ3v) is 4.17. The molecule has 24 heavy (non-hydrogen) atoms. The third-order valence-electron chi connectivity index (χ3n) is 4.17. The molecule has 0 radical (unpaired) electrons. The zero-order chi connectivity index (χ0) is 18.3. The van der Waals surface area contributed by atoms with Crippen LogP contribution in [0.5, 0.6) is 0 Å². The number of nitrogens with two attached hydrogens (primary N) is 1. The summed E-state index contributed by atoms with van der Waals surface area (Å²) < 4.78 is 77.1. The molecule has 134 valence electrons. The maximum absolute atomic E-state index is 12.8. The quantitative estimate of drug-likeness (QED) is 0.826. The van der Waals surface area contributed by atoms with Crippen LogP contribution >= 0.6 is 0 Å². The number of nitrogens with zero attached hydrogens (tertiary/aromatic N) is 1. The van der Waals surface area contributed by atoms with Crippen LogP contribution in [0.3, 0.4) is 0 Å². The lowest BCUT2D eigenvalue weighted by atomic mass is 9.90. The molecule has 1 heterocycles. The third kappa shape index (κ3) is 3.82. The van der Waals surface area contributed by atoms with Crippen LogP contribution in [0.1, 0.15) is 34.8 Å². The molecule has 1 aromatic carbocycles. The maximum Gasteiger partial charge on any atom is 0.416 e. The van der Waals surface area contributed by atoms with Crippen LogP contribution in [0.25, 0.3) is 0 Å². The molecule has 0 saturated carbocycles. The van der Waals surface area contributed by atoms with Crippen LogP contribution in [-0.4, -0.2) is 30.4 Å². The van der Waals surface area contributed by atoms with Gasteiger partial charge in [-0.15, -0.1) is 0 Å². The van der Waals surface area contributed by atoms with Crippen LogP contribution in [0, 0.1) is 5.41 Å². The molecule has 3 nitrogen and oxygen atoms in total. The second-order valence-electron chi connectivity index (χ2n) is 6.29. The molecular weight excluding hydrogens is 338 g/mol. The number of hydrogen-bond donors (Lipinski definition) is 1. The molecule has 1 aromatic rings. The van der Waals surface area contributed by atoms with E-state index >= 15 is 0 Å². The summed E-state index contributed by atoms with van der Waals surface area (Å²) in [5.74, 6) is -0.858. The van der Waals surface area contributed by atoms with Gasteiger partial charge in [-0.3, -0.25) is 4.79 Å². The molecule has 1 amide bonds. The lowest BCUT2D eigenvalue weighted by Crippen LogP contribution is -2.34. The summed E-state index contributed by atoms with van der Waals surface area (Å²) >= 11 is 0. The summed E-state index contributed by atoms with van der Waals surface area (Å²) in [6, 6.07) is 0.913. The van der Waals surface area contributed by atoms with Gasteiger partial charge in [-0.25, -0.2) is 0 Å². The highest BCUT2D eigenvalue weighted by Crippen LogP contribution is 2.37. The number of carbonyl (C=O) groups excluding carboxylic acids is 1. The molecule has 0 bridgehead atoms. The van der Waals surface area contributed by atoms with Gasteiger partial charge in [0.25, 0.3) is 5.91 Å². The molecule has 0 aromatic heterocycles. The number of hydrogen-bond acceptors (Lipinski definition) is 2. The van der Waals surface area contributed by atoms with Crippen molar-refractivity contribution in [2.45, 2.75) is 25.7 Å². The predicted octanol–water partition coefficient (Wildman–Crippen LogP) is 3.54. The normalized spacial score (nSPS) is 22.1. The lowest BCUT2D eigenvalue weighted by molar-refractivity contribution is -0.143. The van der Waals surface area contributed by atoms with E-state index < -0.39 is 35.0 Å². The van der Waals surface area contributed by atoms with Crippen LogP contribution < -0.4 is 5.73 Å². The van der Waals surface area contributed by atoms with Gasteiger partial charge in [-0.05, 0) is 36.6 Å². The molecule has 1 aliphatic heterocycles. The first-order valence-corrected chi connectivity index (χ1v) is 7.15. The van der Waals surface area contributed by atoms with Gasteiger partial charge in [-0.1, -0.05) is 6.92 Å². The van der Waals surface area contributed by atoms with Crippen LogP contribution in [0.15, 0.2) is 18.2 Å². The molecule has 1 atom stereocenters. The molecular formula is C15H16F6N2O. The molecule has 9 heteroatoms. The molecule has 0 aliphatic carbocycles. The number of alkyl halides is 6. The Morgan fingerprint density at radius 1 is 1.12 bits per heavy atom. The average Bonchev–Trinajstić information content (AvgIpc) is 2.87. The average molecular weight is 354 g/mol. The predicted molar refractivity (Wildman–Crippen MR) is 74.1 cm³/mol. The fourth-order valence-corrected chi connectivity index (χ4v) is 2.62. The minimum Gasteiger partial charge on any atom is -0.338 e. The first-order chi connectivity index (χ1) is 10.9. The van der Waals surface area contributed by atoms with Crippen molar-refractivity contribution in [2.75, 3.05) is 19.6 Å². The molecule has 1 fully saturated rings. The first kappa shape index (κ1) is 18.6. The van der Waals surface area contributed by atoms with E-state index in [1.54, 1.807) is 0 Å². The number of halogens is 6. The Bertz CT molecular complexity index is 608. The van der Waals surface area contributed by atoms with E-state index in [0.29, 0.717) is 18.6 Å². The Kier molecular flexibility index (Phi) is 4.60. The van der Waals surface area contributed by atoms with Crippen molar-refractivity contribution in [1.82, 2.24) is 4.90 Å². The maximum atomic E-state index is 12.8. The van der Waals surface area contributed by atoms with E-state index in [4.69, 9.17) is 5.73 Å². The Morgan fingerprint density at radius 2 is 1.62 bits per heavy atom. The lowest BCUT2D eigenvalue weighted by Gasteiger charge is -2.23. The summed E-state index contributed by atoms with van der Waals surface area (Å²) in [5.41, 5.74) is 1.59. The second kappa shape index (κ2) is 5.94. The topological polar surface area (TPSA) is 46.3 Å². The van der Waals surface area contributed by atoms with Crippen molar-refractivity contribution in [3.8, 4) is 0 Å². The standard InChI is InChI=1S/C15H16F6N2O/c1-13(7-22)2-3-23(8-13)12(24)9-4-10(14(16,17)18)6-11(5-9)15(19,20)21/h4-6H,2-3,7-8,22H2,1H3. The van der Waals surface area contributed by atoms with Crippen molar-refractivity contribution in [3.63, 3.8) is 0 Å². The van der Waals surface area contributed by atoms with Gasteiger partial charge in [0, 0.05) is 18.7 Å². The minimum atomic E-state index is -4.98. The van der Waals surface area contributed by atoms with Gasteiger partial charge in [-0.2, -0.15) is 26.3 Å². The molecule has 1 aliphatic rings. The van der Waals surface area contributed by atoms with Crippen LogP contribution in [0.4, 0.5) is 26.3 Å². The van der Waals surface area contributed by atoms with Crippen LogP contribution in [0.2, 0.25) is 0 Å². The number of carbonyl (C=O) groups is 1. The van der Waals surface area contributed by atoms with Gasteiger partial charge < -0.3 is 10.6 Å². The molecule has 1 saturated heterocycles. The highest BCUT2D eigenvalue weighted by Gasteiger charge is 2.39. The van der Waals surface area contributed by atoms with Gasteiger partial charge in [0.2, 0.25) is 0 Å². The summed E-state index contributed by atoms with van der Waals surface area (Å²) in [6.45, 7) is 2.52. The second-order valence-corrected chi connectivity index (χ2v) is 6.29. The van der Waals surface area contributed by atoms with Crippen molar-refractivity contribution in [2.24, 2.45) is 11.1 Å². The number of rotatable bonds is 2. The van der Waals surface area contributed by atoms with Gasteiger partial charge in [0.1, 0.15) is 0 Å². The number of benzene rings is 1. The Morgan fingerprint density at radius 3 is 2.00 bits per heavy atom. The fraction of sp³-hybridized carbons (Fsp3) is 0.533. The highest BCUT2D eigenvalue weighted by atomic mass is 19.4. The highest BCUT2D eigenvalue weighted by molar-refractivity contribution is 5.95. The van der Waals surface area contributed by atoms with Crippen molar-refractivity contribution in [3.05, 3.63) is 34.9 Å². The van der Waals surface area contributed by atoms with Crippen molar-refractivity contribution < 1.29 is 31.1 Å². The Hall–Kier alpha value is -1.77. The molecule has 1 unspecified atom stereocenters.